The number of rotatable bonds is 3. The van der Waals surface area contributed by atoms with Crippen molar-refractivity contribution in [3.8, 4) is 0 Å². The van der Waals surface area contributed by atoms with Gasteiger partial charge in [0.1, 0.15) is 5.82 Å². The zero-order valence-corrected chi connectivity index (χ0v) is 10.7. The van der Waals surface area contributed by atoms with Gasteiger partial charge in [0.15, 0.2) is 0 Å². The molecule has 0 aliphatic rings. The molecule has 0 amide bonds. The van der Waals surface area contributed by atoms with Crippen LogP contribution in [0.15, 0.2) is 48.8 Å². The minimum Gasteiger partial charge on any atom is -0.379 e. The molecule has 0 aliphatic carbocycles. The minimum absolute atomic E-state index is 0.678. The molecule has 4 nitrogen and oxygen atoms in total. The summed E-state index contributed by atoms with van der Waals surface area (Å²) >= 11 is 0. The number of nitrogens with zero attached hydrogens (tertiary/aromatic N) is 3. The van der Waals surface area contributed by atoms with Crippen LogP contribution >= 0.6 is 0 Å². The van der Waals surface area contributed by atoms with E-state index in [9.17, 15) is 0 Å². The Hall–Kier alpha value is -2.49. The summed E-state index contributed by atoms with van der Waals surface area (Å²) in [7, 11) is 0. The largest absolute Gasteiger partial charge is 0.379 e. The van der Waals surface area contributed by atoms with E-state index in [0.29, 0.717) is 6.54 Å². The lowest BCUT2D eigenvalue weighted by Gasteiger charge is -2.09. The van der Waals surface area contributed by atoms with Crippen LogP contribution in [0.25, 0.3) is 10.9 Å². The fourth-order valence-corrected chi connectivity index (χ4v) is 2.04. The Morgan fingerprint density at radius 2 is 1.84 bits per heavy atom. The summed E-state index contributed by atoms with van der Waals surface area (Å²) in [4.78, 5) is 12.8. The van der Waals surface area contributed by atoms with Gasteiger partial charge in [0.05, 0.1) is 17.8 Å². The average Bonchev–Trinajstić information content (AvgIpc) is 2.45. The van der Waals surface area contributed by atoms with E-state index in [1.54, 1.807) is 6.20 Å². The number of para-hydroxylation sites is 1. The van der Waals surface area contributed by atoms with Gasteiger partial charge in [-0.15, -0.1) is 0 Å². The molecule has 3 rings (SSSR count). The summed E-state index contributed by atoms with van der Waals surface area (Å²) in [5.74, 6) is 0.791. The molecule has 4 heteroatoms. The molecule has 94 valence electrons. The zero-order chi connectivity index (χ0) is 13.1. The second kappa shape index (κ2) is 5.02. The van der Waals surface area contributed by atoms with Crippen molar-refractivity contribution >= 4 is 16.6 Å². The third-order valence-electron chi connectivity index (χ3n) is 2.94. The van der Waals surface area contributed by atoms with E-state index in [2.05, 4.69) is 26.3 Å². The van der Waals surface area contributed by atoms with Gasteiger partial charge in [0.25, 0.3) is 0 Å². The van der Waals surface area contributed by atoms with Crippen molar-refractivity contribution in [2.75, 3.05) is 5.32 Å². The van der Waals surface area contributed by atoms with Gasteiger partial charge in [-0.25, -0.2) is 9.97 Å². The smallest absolute Gasteiger partial charge is 0.125 e. The first-order valence-corrected chi connectivity index (χ1v) is 6.19. The molecule has 1 aromatic carbocycles. The van der Waals surface area contributed by atoms with Crippen molar-refractivity contribution in [1.82, 2.24) is 15.0 Å². The van der Waals surface area contributed by atoms with Gasteiger partial charge >= 0.3 is 0 Å². The summed E-state index contributed by atoms with van der Waals surface area (Å²) in [6, 6.07) is 12.0. The molecule has 2 heterocycles. The van der Waals surface area contributed by atoms with E-state index < -0.39 is 0 Å². The Labute approximate surface area is 111 Å². The van der Waals surface area contributed by atoms with Gasteiger partial charge in [-0.05, 0) is 25.1 Å². The number of anilines is 1. The normalized spacial score (nSPS) is 10.6. The number of fused-ring (bicyclic) bond motifs is 1. The number of pyridine rings is 1. The third-order valence-corrected chi connectivity index (χ3v) is 2.94. The Kier molecular flexibility index (Phi) is 3.06. The first-order valence-electron chi connectivity index (χ1n) is 6.19. The molecule has 19 heavy (non-hydrogen) atoms. The molecular weight excluding hydrogens is 236 g/mol. The lowest BCUT2D eigenvalue weighted by atomic mass is 10.2. The molecule has 0 atom stereocenters. The highest BCUT2D eigenvalue weighted by Crippen LogP contribution is 2.21. The maximum Gasteiger partial charge on any atom is 0.125 e. The minimum atomic E-state index is 0.678. The van der Waals surface area contributed by atoms with Crippen LogP contribution in [0.5, 0.6) is 0 Å². The molecule has 0 saturated heterocycles. The highest BCUT2D eigenvalue weighted by Gasteiger charge is 2.01. The van der Waals surface area contributed by atoms with E-state index in [-0.39, 0.29) is 0 Å². The standard InChI is InChI=1S/C15H14N4/c1-11-16-8-6-12(19-11)10-18-15-7-9-17-14-5-3-2-4-13(14)15/h2-9H,10H2,1H3,(H,17,18). The van der Waals surface area contributed by atoms with Crippen LogP contribution in [0.3, 0.4) is 0 Å². The molecule has 1 N–H and O–H groups in total. The van der Waals surface area contributed by atoms with Crippen molar-refractivity contribution in [3.63, 3.8) is 0 Å². The summed E-state index contributed by atoms with van der Waals surface area (Å²) < 4.78 is 0. The van der Waals surface area contributed by atoms with Gasteiger partial charge in [-0.1, -0.05) is 18.2 Å². The van der Waals surface area contributed by atoms with Crippen LogP contribution in [-0.2, 0) is 6.54 Å². The van der Waals surface area contributed by atoms with E-state index in [1.807, 2.05) is 43.5 Å². The molecule has 0 spiro atoms. The molecule has 0 saturated carbocycles. The lowest BCUT2D eigenvalue weighted by Crippen LogP contribution is -2.03. The molecule has 0 fully saturated rings. The van der Waals surface area contributed by atoms with Crippen molar-refractivity contribution in [2.24, 2.45) is 0 Å². The van der Waals surface area contributed by atoms with Crippen LogP contribution < -0.4 is 5.32 Å². The predicted octanol–water partition coefficient (Wildman–Crippen LogP) is 2.95. The van der Waals surface area contributed by atoms with Crippen LogP contribution in [-0.4, -0.2) is 15.0 Å². The van der Waals surface area contributed by atoms with E-state index in [0.717, 1.165) is 28.1 Å². The van der Waals surface area contributed by atoms with E-state index >= 15 is 0 Å². The fourth-order valence-electron chi connectivity index (χ4n) is 2.04. The second-order valence-corrected chi connectivity index (χ2v) is 4.32. The van der Waals surface area contributed by atoms with Gasteiger partial charge in [-0.2, -0.15) is 0 Å². The molecule has 0 radical (unpaired) electrons. The lowest BCUT2D eigenvalue weighted by molar-refractivity contribution is 0.956. The molecule has 2 aromatic heterocycles. The molecule has 0 aliphatic heterocycles. The summed E-state index contributed by atoms with van der Waals surface area (Å²) in [6.45, 7) is 2.57. The Balaban J connectivity index is 1.86. The highest BCUT2D eigenvalue weighted by molar-refractivity contribution is 5.90. The number of nitrogens with one attached hydrogen (secondary N) is 1. The molecule has 0 unspecified atom stereocenters. The van der Waals surface area contributed by atoms with Crippen molar-refractivity contribution < 1.29 is 0 Å². The van der Waals surface area contributed by atoms with Crippen molar-refractivity contribution in [3.05, 3.63) is 60.3 Å². The van der Waals surface area contributed by atoms with E-state index in [1.165, 1.54) is 0 Å². The number of aromatic nitrogens is 3. The molecular formula is C15H14N4. The summed E-state index contributed by atoms with van der Waals surface area (Å²) in [5.41, 5.74) is 3.04. The monoisotopic (exact) mass is 250 g/mol. The fraction of sp³-hybridized carbons (Fsp3) is 0.133. The Morgan fingerprint density at radius 1 is 1.00 bits per heavy atom. The SMILES string of the molecule is Cc1nccc(CNc2ccnc3ccccc23)n1. The Bertz CT molecular complexity index is 704. The summed E-state index contributed by atoms with van der Waals surface area (Å²) in [6.07, 6.45) is 3.60. The van der Waals surface area contributed by atoms with Crippen LogP contribution in [0.2, 0.25) is 0 Å². The predicted molar refractivity (Wildman–Crippen MR) is 75.8 cm³/mol. The number of benzene rings is 1. The second-order valence-electron chi connectivity index (χ2n) is 4.32. The van der Waals surface area contributed by atoms with Crippen molar-refractivity contribution in [1.29, 1.82) is 0 Å². The zero-order valence-electron chi connectivity index (χ0n) is 10.7. The quantitative estimate of drug-likeness (QED) is 0.776. The number of aryl methyl sites for hydroxylation is 1. The first kappa shape index (κ1) is 11.6. The molecule has 0 bridgehead atoms. The number of hydrogen-bond donors (Lipinski definition) is 1. The van der Waals surface area contributed by atoms with Gasteiger partial charge in [-0.3, -0.25) is 4.98 Å². The van der Waals surface area contributed by atoms with Crippen LogP contribution in [0.1, 0.15) is 11.5 Å². The van der Waals surface area contributed by atoms with Gasteiger partial charge in [0, 0.05) is 23.5 Å². The summed E-state index contributed by atoms with van der Waals surface area (Å²) in [5, 5.41) is 4.52. The average molecular weight is 250 g/mol. The van der Waals surface area contributed by atoms with Crippen LogP contribution in [0.4, 0.5) is 5.69 Å². The highest BCUT2D eigenvalue weighted by atomic mass is 14.9. The van der Waals surface area contributed by atoms with Gasteiger partial charge < -0.3 is 5.32 Å². The van der Waals surface area contributed by atoms with Crippen LogP contribution in [0, 0.1) is 6.92 Å². The number of hydrogen-bond acceptors (Lipinski definition) is 4. The molecule has 3 aromatic rings. The topological polar surface area (TPSA) is 50.7 Å². The van der Waals surface area contributed by atoms with Crippen molar-refractivity contribution in [2.45, 2.75) is 13.5 Å². The first-order chi connectivity index (χ1) is 9.33. The maximum atomic E-state index is 4.38. The Morgan fingerprint density at radius 3 is 2.74 bits per heavy atom. The maximum absolute atomic E-state index is 4.38. The van der Waals surface area contributed by atoms with Gasteiger partial charge in [0.2, 0.25) is 0 Å². The van der Waals surface area contributed by atoms with E-state index in [4.69, 9.17) is 0 Å². The third kappa shape index (κ3) is 2.52.